The number of anilines is 3. The van der Waals surface area contributed by atoms with Crippen molar-refractivity contribution in [2.24, 2.45) is 10.2 Å². The van der Waals surface area contributed by atoms with Crippen molar-refractivity contribution in [3.8, 4) is 5.75 Å². The normalized spacial score (nSPS) is 12.7. The second-order valence-corrected chi connectivity index (χ2v) is 17.8. The number of sulfone groups is 2. The van der Waals surface area contributed by atoms with E-state index in [-0.39, 0.29) is 40.8 Å². The predicted molar refractivity (Wildman–Crippen MR) is 187 cm³/mol. The summed E-state index contributed by atoms with van der Waals surface area (Å²) in [6.45, 7) is 2.85. The van der Waals surface area contributed by atoms with Gasteiger partial charge in [-0.25, -0.2) is 22.1 Å². The van der Waals surface area contributed by atoms with Crippen molar-refractivity contribution >= 4 is 104 Å². The quantitative estimate of drug-likeness (QED) is 0.0252. The fraction of sp³-hybridized carbons (Fsp3) is 0.160. The number of azo groups is 1. The number of benzene rings is 3. The highest BCUT2D eigenvalue weighted by Gasteiger charge is 2.26. The van der Waals surface area contributed by atoms with Gasteiger partial charge in [-0.1, -0.05) is 11.6 Å². The molecule has 1 aromatic heterocycles. The van der Waals surface area contributed by atoms with E-state index in [4.69, 9.17) is 21.0 Å². The summed E-state index contributed by atoms with van der Waals surface area (Å²) in [6, 6.07) is 6.88. The zero-order valence-electron chi connectivity index (χ0n) is 26.3. The van der Waals surface area contributed by atoms with Gasteiger partial charge >= 0.3 is 0 Å². The van der Waals surface area contributed by atoms with E-state index in [1.165, 1.54) is 19.2 Å². The van der Waals surface area contributed by atoms with Crippen LogP contribution in [0.4, 0.5) is 29.0 Å². The van der Waals surface area contributed by atoms with Crippen LogP contribution in [0.1, 0.15) is 0 Å². The Kier molecular flexibility index (Phi) is 12.9. The SMILES string of the molecule is C=CS(=O)(=O)CN(C)c1nc(Cl)nc(Nc2cc(S(=O)(=O)O)cc3cc(S(=O)(=O)O)c(N=Nc4ccc(S(=O)(=O)CCOSOOO)cc4)c(O)c23)n1. The van der Waals surface area contributed by atoms with Gasteiger partial charge in [-0.15, -0.1) is 9.45 Å². The number of hydrogen-bond acceptors (Lipinski definition) is 21. The van der Waals surface area contributed by atoms with Crippen LogP contribution < -0.4 is 10.2 Å². The highest BCUT2D eigenvalue weighted by atomic mass is 35.5. The molecule has 28 heteroatoms. The van der Waals surface area contributed by atoms with Gasteiger partial charge in [0.1, 0.15) is 16.5 Å². The summed E-state index contributed by atoms with van der Waals surface area (Å²) in [4.78, 5) is 10.7. The maximum atomic E-state index is 12.6. The summed E-state index contributed by atoms with van der Waals surface area (Å²) < 4.78 is 127. The molecule has 286 valence electrons. The Morgan fingerprint density at radius 1 is 0.962 bits per heavy atom. The Hall–Kier alpha value is -4.13. The molecule has 0 amide bonds. The number of aromatic hydroxyl groups is 1. The molecule has 0 aliphatic rings. The molecular weight excluding hydrogens is 834 g/mol. The van der Waals surface area contributed by atoms with E-state index in [9.17, 15) is 47.9 Å². The van der Waals surface area contributed by atoms with Crippen molar-refractivity contribution in [2.75, 3.05) is 35.5 Å². The van der Waals surface area contributed by atoms with E-state index < -0.39 is 95.1 Å². The van der Waals surface area contributed by atoms with Crippen LogP contribution in [0.25, 0.3) is 10.8 Å². The maximum absolute atomic E-state index is 12.6. The summed E-state index contributed by atoms with van der Waals surface area (Å²) in [5, 5.41) is 32.4. The first-order valence-electron chi connectivity index (χ1n) is 13.7. The average molecular weight is 858 g/mol. The fourth-order valence-corrected chi connectivity index (χ4v) is 7.75. The fourth-order valence-electron chi connectivity index (χ4n) is 4.22. The van der Waals surface area contributed by atoms with Crippen LogP contribution in [-0.2, 0) is 53.5 Å². The monoisotopic (exact) mass is 857 g/mol. The Bertz CT molecular complexity index is 2520. The van der Waals surface area contributed by atoms with Gasteiger partial charge in [-0.05, 0) is 59.5 Å². The van der Waals surface area contributed by atoms with Gasteiger partial charge < -0.3 is 15.3 Å². The van der Waals surface area contributed by atoms with Gasteiger partial charge in [0.25, 0.3) is 20.2 Å². The lowest BCUT2D eigenvalue weighted by Gasteiger charge is -2.18. The van der Waals surface area contributed by atoms with Crippen LogP contribution in [0.3, 0.4) is 0 Å². The zero-order valence-corrected chi connectivity index (χ0v) is 31.2. The molecule has 0 saturated heterocycles. The lowest BCUT2D eigenvalue weighted by atomic mass is 10.1. The second kappa shape index (κ2) is 16.5. The Balaban J connectivity index is 1.82. The molecule has 0 unspecified atom stereocenters. The topological polar surface area (TPSA) is 324 Å². The van der Waals surface area contributed by atoms with Gasteiger partial charge in [0.2, 0.25) is 17.2 Å². The van der Waals surface area contributed by atoms with Crippen molar-refractivity contribution in [1.82, 2.24) is 15.0 Å². The van der Waals surface area contributed by atoms with Gasteiger partial charge in [0, 0.05) is 17.8 Å². The highest BCUT2D eigenvalue weighted by molar-refractivity contribution is 7.94. The molecule has 0 bridgehead atoms. The molecule has 0 spiro atoms. The Morgan fingerprint density at radius 2 is 1.64 bits per heavy atom. The largest absolute Gasteiger partial charge is 0.505 e. The molecule has 3 aromatic carbocycles. The molecule has 1 heterocycles. The zero-order chi connectivity index (χ0) is 39.4. The van der Waals surface area contributed by atoms with E-state index in [1.807, 2.05) is 0 Å². The number of phenolic OH excluding ortho intramolecular Hbond substituents is 1. The Labute approximate surface area is 309 Å². The van der Waals surface area contributed by atoms with Crippen molar-refractivity contribution in [1.29, 1.82) is 0 Å². The van der Waals surface area contributed by atoms with E-state index in [2.05, 4.69) is 46.4 Å². The third kappa shape index (κ3) is 10.7. The predicted octanol–water partition coefficient (Wildman–Crippen LogP) is 3.76. The lowest BCUT2D eigenvalue weighted by Crippen LogP contribution is -2.26. The van der Waals surface area contributed by atoms with Crippen molar-refractivity contribution < 1.29 is 66.7 Å². The molecule has 0 fully saturated rings. The summed E-state index contributed by atoms with van der Waals surface area (Å²) in [7, 11) is -16.7. The molecule has 4 aromatic rings. The number of aromatic nitrogens is 3. The van der Waals surface area contributed by atoms with Crippen LogP contribution in [0, 0.1) is 0 Å². The van der Waals surface area contributed by atoms with E-state index in [0.29, 0.717) is 11.5 Å². The molecule has 0 aliphatic carbocycles. The number of nitrogens with one attached hydrogen (secondary N) is 1. The third-order valence-electron chi connectivity index (χ3n) is 6.51. The van der Waals surface area contributed by atoms with E-state index >= 15 is 0 Å². The Morgan fingerprint density at radius 3 is 2.25 bits per heavy atom. The molecule has 22 nitrogen and oxygen atoms in total. The summed E-state index contributed by atoms with van der Waals surface area (Å²) in [6.07, 6.45) is 0. The highest BCUT2D eigenvalue weighted by Crippen LogP contribution is 2.45. The molecule has 0 atom stereocenters. The van der Waals surface area contributed by atoms with Gasteiger partial charge in [0.05, 0.1) is 33.5 Å². The number of fused-ring (bicyclic) bond motifs is 1. The van der Waals surface area contributed by atoms with Crippen molar-refractivity contribution in [2.45, 2.75) is 14.7 Å². The number of rotatable bonds is 17. The van der Waals surface area contributed by atoms with Crippen LogP contribution in [0.15, 0.2) is 79.4 Å². The number of halogens is 1. The number of hydrogen-bond donors (Lipinski definition) is 5. The van der Waals surface area contributed by atoms with Crippen LogP contribution in [-0.4, -0.2) is 93.4 Å². The summed E-state index contributed by atoms with van der Waals surface area (Å²) in [5.74, 6) is -2.92. The average Bonchev–Trinajstić information content (AvgIpc) is 3.06. The molecule has 53 heavy (non-hydrogen) atoms. The standard InChI is InChI=1S/C25H24ClN7O15S5/c1-3-50(36,37)13-33(2)25-29-23(26)28-24(30-25)27-18-12-17(52(40,41)42)10-14-11-19(53(43,44)45)21(22(34)20(14)18)32-31-15-4-6-16(7-5-15)51(38,39)9-8-46-49-48-47-35/h3-7,10-12,34-35H,1,8-9,13H2,2H3,(H,40,41,42)(H,43,44,45)(H,27,28,29,30). The van der Waals surface area contributed by atoms with Crippen molar-refractivity contribution in [3.63, 3.8) is 0 Å². The van der Waals surface area contributed by atoms with Gasteiger partial charge in [-0.2, -0.15) is 36.9 Å². The van der Waals surface area contributed by atoms with Crippen LogP contribution in [0.2, 0.25) is 5.28 Å². The first-order valence-corrected chi connectivity index (χ1v) is 21.0. The maximum Gasteiger partial charge on any atom is 0.296 e. The third-order valence-corrected chi connectivity index (χ3v) is 11.7. The second-order valence-electron chi connectivity index (χ2n) is 10.1. The minimum absolute atomic E-state index is 0.0694. The van der Waals surface area contributed by atoms with Gasteiger partial charge in [-0.3, -0.25) is 13.3 Å². The molecule has 4 rings (SSSR count). The molecule has 0 saturated carbocycles. The van der Waals surface area contributed by atoms with E-state index in [1.54, 1.807) is 0 Å². The molecule has 5 N–H and O–H groups in total. The first kappa shape index (κ1) is 41.6. The minimum Gasteiger partial charge on any atom is -0.505 e. The number of nitrogens with zero attached hydrogens (tertiary/aromatic N) is 6. The molecular formula is C25H24ClN7O15S5. The van der Waals surface area contributed by atoms with Crippen LogP contribution >= 0.6 is 23.9 Å². The number of phenols is 1. The summed E-state index contributed by atoms with van der Waals surface area (Å²) in [5.41, 5.74) is -1.35. The van der Waals surface area contributed by atoms with Crippen molar-refractivity contribution in [3.05, 3.63) is 59.7 Å². The summed E-state index contributed by atoms with van der Waals surface area (Å²) >= 11 is 6.21. The van der Waals surface area contributed by atoms with Crippen LogP contribution in [0.5, 0.6) is 5.75 Å². The van der Waals surface area contributed by atoms with E-state index in [0.717, 1.165) is 29.2 Å². The molecule has 0 radical (unpaired) electrons. The molecule has 0 aliphatic heterocycles. The first-order chi connectivity index (χ1) is 24.6. The lowest BCUT2D eigenvalue weighted by molar-refractivity contribution is -0.434. The minimum atomic E-state index is -5.23. The van der Waals surface area contributed by atoms with Gasteiger partial charge in [0.15, 0.2) is 37.7 Å². The smallest absolute Gasteiger partial charge is 0.296 e.